The minimum absolute atomic E-state index is 0.134. The topological polar surface area (TPSA) is 84.6 Å². The second kappa shape index (κ2) is 6.17. The van der Waals surface area contributed by atoms with E-state index in [-0.39, 0.29) is 11.3 Å². The Morgan fingerprint density at radius 1 is 1.29 bits per heavy atom. The molecule has 0 heterocycles. The number of benzene rings is 2. The molecule has 2 rings (SSSR count). The van der Waals surface area contributed by atoms with Gasteiger partial charge in [0.15, 0.2) is 0 Å². The maximum Gasteiger partial charge on any atom is 0.259 e. The first-order chi connectivity index (χ1) is 10.0. The van der Waals surface area contributed by atoms with E-state index in [1.54, 1.807) is 18.2 Å². The Hall–Kier alpha value is -2.69. The molecule has 0 aromatic heterocycles. The molecule has 0 saturated heterocycles. The number of aromatic hydroxyl groups is 1. The molecule has 0 aliphatic carbocycles. The van der Waals surface area contributed by atoms with Gasteiger partial charge < -0.3 is 20.9 Å². The molecule has 5 nitrogen and oxygen atoms in total. The summed E-state index contributed by atoms with van der Waals surface area (Å²) in [7, 11) is 1.49. The molecule has 0 atom stereocenters. The van der Waals surface area contributed by atoms with Crippen LogP contribution in [0.2, 0.25) is 0 Å². The highest BCUT2D eigenvalue weighted by molar-refractivity contribution is 6.06. The minimum Gasteiger partial charge on any atom is -0.507 e. The van der Waals surface area contributed by atoms with Crippen LogP contribution in [0, 0.1) is 0 Å². The van der Waals surface area contributed by atoms with Gasteiger partial charge in [0, 0.05) is 17.4 Å². The van der Waals surface area contributed by atoms with Gasteiger partial charge in [-0.1, -0.05) is 13.0 Å². The third-order valence-electron chi connectivity index (χ3n) is 3.23. The average Bonchev–Trinajstić information content (AvgIpc) is 2.47. The third-order valence-corrected chi connectivity index (χ3v) is 3.23. The van der Waals surface area contributed by atoms with Crippen molar-refractivity contribution < 1.29 is 14.6 Å². The van der Waals surface area contributed by atoms with Gasteiger partial charge in [-0.15, -0.1) is 0 Å². The Morgan fingerprint density at radius 3 is 2.62 bits per heavy atom. The number of hydrogen-bond donors (Lipinski definition) is 3. The second-order valence-corrected chi connectivity index (χ2v) is 4.60. The van der Waals surface area contributed by atoms with E-state index in [1.807, 2.05) is 13.0 Å². The molecule has 110 valence electrons. The van der Waals surface area contributed by atoms with Gasteiger partial charge in [-0.3, -0.25) is 4.79 Å². The molecule has 0 saturated carbocycles. The predicted octanol–water partition coefficient (Wildman–Crippen LogP) is 2.80. The quantitative estimate of drug-likeness (QED) is 0.754. The van der Waals surface area contributed by atoms with E-state index in [1.165, 1.54) is 19.2 Å². The summed E-state index contributed by atoms with van der Waals surface area (Å²) >= 11 is 0. The van der Waals surface area contributed by atoms with E-state index in [2.05, 4.69) is 5.32 Å². The number of carbonyl (C=O) groups is 1. The molecule has 21 heavy (non-hydrogen) atoms. The minimum atomic E-state index is -0.404. The van der Waals surface area contributed by atoms with Gasteiger partial charge in [0.05, 0.1) is 12.7 Å². The lowest BCUT2D eigenvalue weighted by Gasteiger charge is -2.10. The number of nitrogen functional groups attached to an aromatic ring is 1. The highest BCUT2D eigenvalue weighted by Crippen LogP contribution is 2.25. The van der Waals surface area contributed by atoms with E-state index in [4.69, 9.17) is 10.5 Å². The molecule has 2 aromatic rings. The van der Waals surface area contributed by atoms with Crippen LogP contribution in [-0.4, -0.2) is 18.1 Å². The number of aryl methyl sites for hydroxylation is 1. The lowest BCUT2D eigenvalue weighted by molar-refractivity contribution is 0.102. The van der Waals surface area contributed by atoms with Gasteiger partial charge in [0.1, 0.15) is 11.5 Å². The van der Waals surface area contributed by atoms with Crippen LogP contribution in [0.4, 0.5) is 11.4 Å². The van der Waals surface area contributed by atoms with Crippen molar-refractivity contribution in [3.05, 3.63) is 47.5 Å². The number of rotatable bonds is 4. The maximum atomic E-state index is 12.1. The lowest BCUT2D eigenvalue weighted by atomic mass is 10.1. The molecular weight excluding hydrogens is 268 g/mol. The summed E-state index contributed by atoms with van der Waals surface area (Å²) in [6.07, 6.45) is 0.833. The van der Waals surface area contributed by atoms with Crippen LogP contribution in [0.3, 0.4) is 0 Å². The first-order valence-electron chi connectivity index (χ1n) is 6.62. The fourth-order valence-electron chi connectivity index (χ4n) is 2.02. The Balaban J connectivity index is 2.20. The summed E-state index contributed by atoms with van der Waals surface area (Å²) in [6.45, 7) is 2.01. The first-order valence-corrected chi connectivity index (χ1v) is 6.62. The zero-order valence-corrected chi connectivity index (χ0v) is 12.0. The molecular formula is C16H18N2O3. The molecule has 0 fully saturated rings. The Labute approximate surface area is 123 Å². The number of phenolic OH excluding ortho intramolecular Hbond substituents is 1. The standard InChI is InChI=1S/C16H18N2O3/c1-3-10-4-5-11(8-14(10)17)18-16(20)13-7-6-12(21-2)9-15(13)19/h4-9,19H,3,17H2,1-2H3,(H,18,20). The van der Waals surface area contributed by atoms with Crippen LogP contribution in [0.25, 0.3) is 0 Å². The summed E-state index contributed by atoms with van der Waals surface area (Å²) in [5.41, 5.74) is 8.32. The van der Waals surface area contributed by atoms with Crippen molar-refractivity contribution >= 4 is 17.3 Å². The van der Waals surface area contributed by atoms with Crippen molar-refractivity contribution in [2.24, 2.45) is 0 Å². The first kappa shape index (κ1) is 14.7. The van der Waals surface area contributed by atoms with Gasteiger partial charge in [-0.25, -0.2) is 0 Å². The highest BCUT2D eigenvalue weighted by atomic mass is 16.5. The number of anilines is 2. The number of methoxy groups -OCH3 is 1. The molecule has 0 aliphatic rings. The number of ether oxygens (including phenoxy) is 1. The van der Waals surface area contributed by atoms with Gasteiger partial charge in [0.2, 0.25) is 0 Å². The monoisotopic (exact) mass is 286 g/mol. The smallest absolute Gasteiger partial charge is 0.259 e. The summed E-state index contributed by atoms with van der Waals surface area (Å²) < 4.78 is 4.98. The average molecular weight is 286 g/mol. The summed E-state index contributed by atoms with van der Waals surface area (Å²) in [5.74, 6) is -0.0515. The van der Waals surface area contributed by atoms with Crippen LogP contribution >= 0.6 is 0 Å². The number of carbonyl (C=O) groups excluding carboxylic acids is 1. The Bertz CT molecular complexity index is 669. The van der Waals surface area contributed by atoms with Crippen LogP contribution < -0.4 is 15.8 Å². The molecule has 0 unspecified atom stereocenters. The van der Waals surface area contributed by atoms with Gasteiger partial charge in [0.25, 0.3) is 5.91 Å². The molecule has 2 aromatic carbocycles. The molecule has 0 bridgehead atoms. The summed E-state index contributed by atoms with van der Waals surface area (Å²) in [6, 6.07) is 9.88. The molecule has 0 spiro atoms. The van der Waals surface area contributed by atoms with E-state index < -0.39 is 5.91 Å². The number of nitrogens with two attached hydrogens (primary N) is 1. The zero-order valence-electron chi connectivity index (χ0n) is 12.0. The molecule has 0 radical (unpaired) electrons. The maximum absolute atomic E-state index is 12.1. The van der Waals surface area contributed by atoms with Crippen molar-refractivity contribution in [3.63, 3.8) is 0 Å². The third kappa shape index (κ3) is 3.25. The van der Waals surface area contributed by atoms with E-state index in [0.717, 1.165) is 12.0 Å². The van der Waals surface area contributed by atoms with Gasteiger partial charge in [-0.05, 0) is 36.2 Å². The van der Waals surface area contributed by atoms with E-state index in [9.17, 15) is 9.90 Å². The molecule has 0 aliphatic heterocycles. The number of hydrogen-bond acceptors (Lipinski definition) is 4. The van der Waals surface area contributed by atoms with Crippen LogP contribution in [0.1, 0.15) is 22.8 Å². The summed E-state index contributed by atoms with van der Waals surface area (Å²) in [5, 5.41) is 12.6. The highest BCUT2D eigenvalue weighted by Gasteiger charge is 2.12. The molecule has 1 amide bonds. The lowest BCUT2D eigenvalue weighted by Crippen LogP contribution is -2.12. The Kier molecular flexibility index (Phi) is 4.33. The van der Waals surface area contributed by atoms with Gasteiger partial charge in [-0.2, -0.15) is 0 Å². The fourth-order valence-corrected chi connectivity index (χ4v) is 2.02. The van der Waals surface area contributed by atoms with Crippen LogP contribution in [0.15, 0.2) is 36.4 Å². The van der Waals surface area contributed by atoms with Gasteiger partial charge >= 0.3 is 0 Å². The normalized spacial score (nSPS) is 10.2. The number of nitrogens with one attached hydrogen (secondary N) is 1. The predicted molar refractivity (Wildman–Crippen MR) is 82.8 cm³/mol. The second-order valence-electron chi connectivity index (χ2n) is 4.60. The fraction of sp³-hybridized carbons (Fsp3) is 0.188. The Morgan fingerprint density at radius 2 is 2.05 bits per heavy atom. The van der Waals surface area contributed by atoms with Crippen molar-refractivity contribution in [3.8, 4) is 11.5 Å². The van der Waals surface area contributed by atoms with Crippen LogP contribution in [0.5, 0.6) is 11.5 Å². The number of amides is 1. The van der Waals surface area contributed by atoms with E-state index in [0.29, 0.717) is 17.1 Å². The van der Waals surface area contributed by atoms with Crippen LogP contribution in [-0.2, 0) is 6.42 Å². The van der Waals surface area contributed by atoms with E-state index >= 15 is 0 Å². The van der Waals surface area contributed by atoms with Crippen molar-refractivity contribution in [2.45, 2.75) is 13.3 Å². The number of phenols is 1. The molecule has 4 N–H and O–H groups in total. The summed E-state index contributed by atoms with van der Waals surface area (Å²) in [4.78, 5) is 12.1. The van der Waals surface area contributed by atoms with Crippen molar-refractivity contribution in [1.82, 2.24) is 0 Å². The zero-order chi connectivity index (χ0) is 15.4. The SMILES string of the molecule is CCc1ccc(NC(=O)c2ccc(OC)cc2O)cc1N. The van der Waals surface area contributed by atoms with Crippen molar-refractivity contribution in [1.29, 1.82) is 0 Å². The van der Waals surface area contributed by atoms with Crippen molar-refractivity contribution in [2.75, 3.05) is 18.2 Å². The molecule has 5 heteroatoms. The largest absolute Gasteiger partial charge is 0.507 e.